The zero-order valence-corrected chi connectivity index (χ0v) is 21.5. The lowest BCUT2D eigenvalue weighted by Gasteiger charge is -2.50. The van der Waals surface area contributed by atoms with Crippen molar-refractivity contribution in [2.24, 2.45) is 23.0 Å². The van der Waals surface area contributed by atoms with E-state index in [2.05, 4.69) is 18.3 Å². The van der Waals surface area contributed by atoms with Gasteiger partial charge < -0.3 is 20.5 Å². The van der Waals surface area contributed by atoms with Crippen molar-refractivity contribution < 1.29 is 23.9 Å². The molecule has 35 heavy (non-hydrogen) atoms. The smallest absolute Gasteiger partial charge is 0.328 e. The van der Waals surface area contributed by atoms with E-state index in [1.807, 2.05) is 26.0 Å². The lowest BCUT2D eigenvalue weighted by Crippen LogP contribution is -2.47. The van der Waals surface area contributed by atoms with Crippen LogP contribution in [-0.2, 0) is 25.5 Å². The summed E-state index contributed by atoms with van der Waals surface area (Å²) in [7, 11) is 0. The number of carbonyl (C=O) groups excluding carboxylic acids is 3. The van der Waals surface area contributed by atoms with Gasteiger partial charge in [0.05, 0.1) is 0 Å². The summed E-state index contributed by atoms with van der Waals surface area (Å²) in [6.45, 7) is 7.48. The number of esters is 2. The Balaban J connectivity index is 1.46. The largest absolute Gasteiger partial charge is 0.460 e. The molecular formula is C28H40N2O5. The fourth-order valence-electron chi connectivity index (χ4n) is 6.92. The third-order valence-electron chi connectivity index (χ3n) is 8.90. The normalized spacial score (nSPS) is 30.8. The quantitative estimate of drug-likeness (QED) is 0.447. The second-order valence-corrected chi connectivity index (χ2v) is 10.9. The highest BCUT2D eigenvalue weighted by Crippen LogP contribution is 2.61. The van der Waals surface area contributed by atoms with Gasteiger partial charge in [-0.15, -0.1) is 0 Å². The van der Waals surface area contributed by atoms with E-state index < -0.39 is 12.1 Å². The Morgan fingerprint density at radius 3 is 2.57 bits per heavy atom. The summed E-state index contributed by atoms with van der Waals surface area (Å²) in [6, 6.07) is 4.89. The van der Waals surface area contributed by atoms with E-state index in [9.17, 15) is 14.4 Å². The van der Waals surface area contributed by atoms with E-state index in [0.29, 0.717) is 36.3 Å². The summed E-state index contributed by atoms with van der Waals surface area (Å²) in [5.41, 5.74) is 8.43. The van der Waals surface area contributed by atoms with Crippen LogP contribution in [0.1, 0.15) is 89.7 Å². The molecule has 0 aliphatic heterocycles. The molecule has 1 aromatic rings. The molecule has 0 radical (unpaired) electrons. The van der Waals surface area contributed by atoms with Crippen molar-refractivity contribution in [1.82, 2.24) is 5.32 Å². The van der Waals surface area contributed by atoms with Crippen molar-refractivity contribution in [1.29, 1.82) is 0 Å². The van der Waals surface area contributed by atoms with E-state index in [1.54, 1.807) is 0 Å². The summed E-state index contributed by atoms with van der Waals surface area (Å²) in [5.74, 6) is 1.22. The number of amides is 1. The second-order valence-electron chi connectivity index (χ2n) is 10.9. The molecule has 0 saturated heterocycles. The first-order valence-electron chi connectivity index (χ1n) is 13.3. The van der Waals surface area contributed by atoms with Gasteiger partial charge in [0, 0.05) is 12.3 Å². The summed E-state index contributed by atoms with van der Waals surface area (Å²) >= 11 is 0. The van der Waals surface area contributed by atoms with Gasteiger partial charge in [-0.2, -0.15) is 0 Å². The average molecular weight is 485 g/mol. The number of aryl methyl sites for hydroxylation is 1. The highest BCUT2D eigenvalue weighted by atomic mass is 16.5. The number of fused-ring (bicyclic) bond motifs is 5. The fourth-order valence-corrected chi connectivity index (χ4v) is 6.92. The van der Waals surface area contributed by atoms with Crippen LogP contribution in [0, 0.1) is 17.3 Å². The predicted octanol–water partition coefficient (Wildman–Crippen LogP) is 4.01. The molecule has 192 valence electrons. The Morgan fingerprint density at radius 2 is 1.89 bits per heavy atom. The van der Waals surface area contributed by atoms with Crippen LogP contribution in [0.3, 0.4) is 0 Å². The molecule has 0 heterocycles. The molecule has 7 unspecified atom stereocenters. The molecule has 3 aliphatic carbocycles. The molecule has 3 N–H and O–H groups in total. The minimum absolute atomic E-state index is 0.0331. The number of ether oxygens (including phenoxy) is 2. The van der Waals surface area contributed by atoms with Crippen LogP contribution < -0.4 is 15.8 Å². The first kappa shape index (κ1) is 25.7. The van der Waals surface area contributed by atoms with Crippen LogP contribution in [0.25, 0.3) is 0 Å². The van der Waals surface area contributed by atoms with Crippen molar-refractivity contribution in [2.75, 3.05) is 0 Å². The first-order chi connectivity index (χ1) is 16.7. The summed E-state index contributed by atoms with van der Waals surface area (Å²) < 4.78 is 11.6. The highest BCUT2D eigenvalue weighted by Gasteiger charge is 2.56. The van der Waals surface area contributed by atoms with Crippen LogP contribution >= 0.6 is 0 Å². The van der Waals surface area contributed by atoms with Crippen LogP contribution in [-0.4, -0.2) is 36.0 Å². The molecule has 0 spiro atoms. The maximum absolute atomic E-state index is 12.8. The van der Waals surface area contributed by atoms with Gasteiger partial charge in [0.15, 0.2) is 0 Å². The fraction of sp³-hybridized carbons (Fsp3) is 0.679. The molecule has 2 saturated carbocycles. The lowest BCUT2D eigenvalue weighted by atomic mass is 9.55. The van der Waals surface area contributed by atoms with Crippen LogP contribution in [0.15, 0.2) is 18.2 Å². The lowest BCUT2D eigenvalue weighted by molar-refractivity contribution is -0.161. The maximum atomic E-state index is 12.8. The van der Waals surface area contributed by atoms with Crippen molar-refractivity contribution >= 4 is 17.8 Å². The summed E-state index contributed by atoms with van der Waals surface area (Å²) in [4.78, 5) is 36.4. The van der Waals surface area contributed by atoms with Gasteiger partial charge in [-0.25, -0.2) is 9.59 Å². The van der Waals surface area contributed by atoms with Crippen molar-refractivity contribution in [2.45, 2.75) is 103 Å². The zero-order valence-electron chi connectivity index (χ0n) is 21.5. The molecule has 7 heteroatoms. The van der Waals surface area contributed by atoms with Crippen LogP contribution in [0.2, 0.25) is 0 Å². The van der Waals surface area contributed by atoms with Crippen molar-refractivity contribution in [3.63, 3.8) is 0 Å². The van der Waals surface area contributed by atoms with Gasteiger partial charge in [0.1, 0.15) is 23.9 Å². The van der Waals surface area contributed by atoms with E-state index in [1.165, 1.54) is 18.1 Å². The van der Waals surface area contributed by atoms with Gasteiger partial charge in [0.25, 0.3) is 0 Å². The number of hydrogen-bond donors (Lipinski definition) is 2. The minimum atomic E-state index is -0.596. The Labute approximate surface area is 208 Å². The number of benzene rings is 1. The van der Waals surface area contributed by atoms with Gasteiger partial charge in [-0.05, 0) is 92.4 Å². The Morgan fingerprint density at radius 1 is 1.11 bits per heavy atom. The van der Waals surface area contributed by atoms with E-state index in [0.717, 1.165) is 38.5 Å². The van der Waals surface area contributed by atoms with Gasteiger partial charge in [0.2, 0.25) is 5.91 Å². The molecule has 4 rings (SSSR count). The summed E-state index contributed by atoms with van der Waals surface area (Å²) in [6.07, 6.45) is 7.03. The van der Waals surface area contributed by atoms with Crippen molar-refractivity contribution in [3.8, 4) is 5.75 Å². The third kappa shape index (κ3) is 4.97. The van der Waals surface area contributed by atoms with Crippen molar-refractivity contribution in [3.05, 3.63) is 29.3 Å². The SMILES string of the molecule is CCC(N)C(=O)Oc1ccc2c(c1)CCC1C2CCC2(C)C(OC(=O)C(CC)NC(C)=O)CCC12. The standard InChI is InChI=1S/C28H40N2O5/c1-5-23(29)26(32)34-18-8-10-19-17(15-18)7-9-21-20(19)13-14-28(4)22(21)11-12-25(28)35-27(33)24(6-2)30-16(3)31/h8,10,15,20-25H,5-7,9,11-14,29H2,1-4H3,(H,30,31). The molecule has 7 nitrogen and oxygen atoms in total. The van der Waals surface area contributed by atoms with E-state index in [-0.39, 0.29) is 29.4 Å². The predicted molar refractivity (Wildman–Crippen MR) is 133 cm³/mol. The average Bonchev–Trinajstić information content (AvgIpc) is 3.17. The van der Waals surface area contributed by atoms with Gasteiger partial charge in [-0.1, -0.05) is 26.8 Å². The Kier molecular flexibility index (Phi) is 7.55. The second kappa shape index (κ2) is 10.3. The number of hydrogen-bond acceptors (Lipinski definition) is 6. The van der Waals surface area contributed by atoms with Crippen LogP contribution in [0.5, 0.6) is 5.75 Å². The molecular weight excluding hydrogens is 444 g/mol. The number of nitrogens with two attached hydrogens (primary N) is 1. The van der Waals surface area contributed by atoms with Gasteiger partial charge >= 0.3 is 11.9 Å². The monoisotopic (exact) mass is 484 g/mol. The number of carbonyl (C=O) groups is 3. The molecule has 7 atom stereocenters. The zero-order chi connectivity index (χ0) is 25.3. The molecule has 2 fully saturated rings. The number of rotatable bonds is 7. The molecule has 3 aliphatic rings. The first-order valence-corrected chi connectivity index (χ1v) is 13.3. The number of nitrogens with one attached hydrogen (secondary N) is 1. The maximum Gasteiger partial charge on any atom is 0.328 e. The minimum Gasteiger partial charge on any atom is -0.460 e. The highest BCUT2D eigenvalue weighted by molar-refractivity contribution is 5.83. The van der Waals surface area contributed by atoms with Crippen LogP contribution in [0.4, 0.5) is 0 Å². The summed E-state index contributed by atoms with van der Waals surface area (Å²) in [5, 5.41) is 2.72. The molecule has 0 bridgehead atoms. The molecule has 1 amide bonds. The molecule has 1 aromatic carbocycles. The molecule has 0 aromatic heterocycles. The Hall–Kier alpha value is -2.41. The Bertz CT molecular complexity index is 978. The van der Waals surface area contributed by atoms with E-state index in [4.69, 9.17) is 15.2 Å². The third-order valence-corrected chi connectivity index (χ3v) is 8.90. The topological polar surface area (TPSA) is 108 Å². The van der Waals surface area contributed by atoms with E-state index >= 15 is 0 Å². The van der Waals surface area contributed by atoms with Gasteiger partial charge in [-0.3, -0.25) is 4.79 Å².